The molecule has 0 aliphatic rings. The summed E-state index contributed by atoms with van der Waals surface area (Å²) in [7, 11) is 1.25. The van der Waals surface area contributed by atoms with E-state index in [9.17, 15) is 19.5 Å². The number of carbonyl (C=O) groups is 3. The van der Waals surface area contributed by atoms with Crippen LogP contribution in [0.3, 0.4) is 0 Å². The van der Waals surface area contributed by atoms with Crippen molar-refractivity contribution in [2.24, 2.45) is 0 Å². The van der Waals surface area contributed by atoms with Gasteiger partial charge in [0.1, 0.15) is 6.04 Å². The van der Waals surface area contributed by atoms with Gasteiger partial charge < -0.3 is 15.2 Å². The maximum absolute atomic E-state index is 12.3. The molecule has 0 aliphatic carbocycles. The summed E-state index contributed by atoms with van der Waals surface area (Å²) < 4.78 is 4.47. The van der Waals surface area contributed by atoms with Gasteiger partial charge in [-0.1, -0.05) is 30.3 Å². The van der Waals surface area contributed by atoms with E-state index in [-0.39, 0.29) is 12.0 Å². The molecule has 25 heavy (non-hydrogen) atoms. The highest BCUT2D eigenvalue weighted by Crippen LogP contribution is 2.11. The summed E-state index contributed by atoms with van der Waals surface area (Å²) in [6.45, 7) is 0. The molecule has 7 heteroatoms. The Balaban J connectivity index is 2.03. The second-order valence-corrected chi connectivity index (χ2v) is 5.25. The topological polar surface area (TPSA) is 105 Å². The molecular weight excluding hydrogens is 324 g/mol. The predicted molar refractivity (Wildman–Crippen MR) is 91.5 cm³/mol. The van der Waals surface area contributed by atoms with E-state index in [4.69, 9.17) is 0 Å². The zero-order chi connectivity index (χ0) is 18.2. The number of benzene rings is 2. The van der Waals surface area contributed by atoms with E-state index in [1.807, 2.05) is 18.2 Å². The van der Waals surface area contributed by atoms with Gasteiger partial charge in [-0.05, 0) is 29.8 Å². The minimum atomic E-state index is -1.11. The van der Waals surface area contributed by atoms with Crippen LogP contribution in [0.1, 0.15) is 15.9 Å². The number of rotatable bonds is 6. The van der Waals surface area contributed by atoms with E-state index in [1.165, 1.54) is 31.4 Å². The Labute approximate surface area is 144 Å². The Hall–Kier alpha value is -3.35. The highest BCUT2D eigenvalue weighted by molar-refractivity contribution is 5.97. The molecule has 0 aromatic heterocycles. The number of ether oxygens (including phenoxy) is 1. The van der Waals surface area contributed by atoms with Gasteiger partial charge in [-0.3, -0.25) is 10.1 Å². The van der Waals surface area contributed by atoms with Crippen LogP contribution in [0.5, 0.6) is 0 Å². The molecular formula is C18H18N2O5. The lowest BCUT2D eigenvalue weighted by atomic mass is 10.1. The average Bonchev–Trinajstić information content (AvgIpc) is 2.62. The Kier molecular flexibility index (Phi) is 6.11. The molecule has 0 fully saturated rings. The average molecular weight is 342 g/mol. The molecule has 3 N–H and O–H groups in total. The summed E-state index contributed by atoms with van der Waals surface area (Å²) in [5, 5.41) is 14.3. The molecule has 0 heterocycles. The molecule has 2 rings (SSSR count). The number of aliphatic carboxylic acids is 1. The second-order valence-electron chi connectivity index (χ2n) is 5.25. The van der Waals surface area contributed by atoms with Crippen molar-refractivity contribution in [1.29, 1.82) is 0 Å². The number of methoxy groups -OCH3 is 1. The van der Waals surface area contributed by atoms with Crippen molar-refractivity contribution < 1.29 is 24.2 Å². The molecule has 0 unspecified atom stereocenters. The monoisotopic (exact) mass is 342 g/mol. The minimum Gasteiger partial charge on any atom is -0.480 e. The van der Waals surface area contributed by atoms with Crippen molar-refractivity contribution >= 4 is 23.7 Å². The summed E-state index contributed by atoms with van der Waals surface area (Å²) in [4.78, 5) is 34.8. The maximum Gasteiger partial charge on any atom is 0.411 e. The van der Waals surface area contributed by atoms with Crippen molar-refractivity contribution in [1.82, 2.24) is 5.32 Å². The number of nitrogens with one attached hydrogen (secondary N) is 2. The molecule has 0 saturated heterocycles. The third kappa shape index (κ3) is 5.35. The van der Waals surface area contributed by atoms with Crippen LogP contribution in [0.4, 0.5) is 10.5 Å². The van der Waals surface area contributed by atoms with Gasteiger partial charge in [0.15, 0.2) is 0 Å². The molecule has 0 radical (unpaired) electrons. The maximum atomic E-state index is 12.3. The van der Waals surface area contributed by atoms with Crippen LogP contribution in [0.2, 0.25) is 0 Å². The number of amides is 2. The van der Waals surface area contributed by atoms with Crippen LogP contribution in [0, 0.1) is 0 Å². The Morgan fingerprint density at radius 3 is 2.24 bits per heavy atom. The van der Waals surface area contributed by atoms with Gasteiger partial charge in [0.25, 0.3) is 5.91 Å². The summed E-state index contributed by atoms with van der Waals surface area (Å²) in [5.41, 5.74) is 1.56. The van der Waals surface area contributed by atoms with Crippen molar-refractivity contribution in [2.75, 3.05) is 12.4 Å². The van der Waals surface area contributed by atoms with Crippen LogP contribution < -0.4 is 10.6 Å². The Morgan fingerprint density at radius 1 is 1.04 bits per heavy atom. The fourth-order valence-corrected chi connectivity index (χ4v) is 2.17. The molecule has 130 valence electrons. The van der Waals surface area contributed by atoms with Crippen molar-refractivity contribution in [3.05, 3.63) is 65.7 Å². The molecule has 0 bridgehead atoms. The van der Waals surface area contributed by atoms with E-state index >= 15 is 0 Å². The Morgan fingerprint density at radius 2 is 1.68 bits per heavy atom. The Bertz CT molecular complexity index is 744. The normalized spacial score (nSPS) is 11.2. The lowest BCUT2D eigenvalue weighted by Gasteiger charge is -2.15. The van der Waals surface area contributed by atoms with Crippen molar-refractivity contribution in [3.63, 3.8) is 0 Å². The van der Waals surface area contributed by atoms with Gasteiger partial charge in [0.2, 0.25) is 0 Å². The predicted octanol–water partition coefficient (Wildman–Crippen LogP) is 2.29. The van der Waals surface area contributed by atoms with Crippen LogP contribution in [-0.2, 0) is 16.0 Å². The number of carboxylic acid groups (broad SMARTS) is 1. The van der Waals surface area contributed by atoms with Gasteiger partial charge >= 0.3 is 12.1 Å². The fourth-order valence-electron chi connectivity index (χ4n) is 2.17. The molecule has 2 aromatic rings. The van der Waals surface area contributed by atoms with Gasteiger partial charge in [0.05, 0.1) is 7.11 Å². The van der Waals surface area contributed by atoms with E-state index in [2.05, 4.69) is 15.4 Å². The van der Waals surface area contributed by atoms with E-state index in [0.29, 0.717) is 5.69 Å². The third-order valence-corrected chi connectivity index (χ3v) is 3.46. The largest absolute Gasteiger partial charge is 0.480 e. The molecule has 7 nitrogen and oxygen atoms in total. The van der Waals surface area contributed by atoms with E-state index in [1.54, 1.807) is 12.1 Å². The number of carboxylic acids is 1. The smallest absolute Gasteiger partial charge is 0.411 e. The first-order chi connectivity index (χ1) is 12.0. The first-order valence-corrected chi connectivity index (χ1v) is 7.52. The van der Waals surface area contributed by atoms with Crippen LogP contribution in [-0.4, -0.2) is 36.2 Å². The minimum absolute atomic E-state index is 0.184. The molecule has 0 saturated carbocycles. The summed E-state index contributed by atoms with van der Waals surface area (Å²) in [5.74, 6) is -1.62. The fraction of sp³-hybridized carbons (Fsp3) is 0.167. The van der Waals surface area contributed by atoms with Crippen LogP contribution in [0.15, 0.2) is 54.6 Å². The van der Waals surface area contributed by atoms with Gasteiger partial charge in [-0.2, -0.15) is 0 Å². The molecule has 0 aliphatic heterocycles. The lowest BCUT2D eigenvalue weighted by Crippen LogP contribution is -2.42. The molecule has 2 aromatic carbocycles. The number of anilines is 1. The summed E-state index contributed by atoms with van der Waals surface area (Å²) in [6.07, 6.45) is -0.435. The van der Waals surface area contributed by atoms with E-state index in [0.717, 1.165) is 5.56 Å². The number of hydrogen-bond acceptors (Lipinski definition) is 4. The number of hydrogen-bond donors (Lipinski definition) is 3. The van der Waals surface area contributed by atoms with E-state index < -0.39 is 24.0 Å². The summed E-state index contributed by atoms with van der Waals surface area (Å²) in [6, 6.07) is 14.0. The second kappa shape index (κ2) is 8.49. The zero-order valence-electron chi connectivity index (χ0n) is 13.6. The molecule has 0 spiro atoms. The zero-order valence-corrected chi connectivity index (χ0v) is 13.6. The van der Waals surface area contributed by atoms with Gasteiger partial charge in [0, 0.05) is 17.7 Å². The number of carbonyl (C=O) groups excluding carboxylic acids is 2. The lowest BCUT2D eigenvalue weighted by molar-refractivity contribution is -0.139. The third-order valence-electron chi connectivity index (χ3n) is 3.46. The first-order valence-electron chi connectivity index (χ1n) is 7.52. The SMILES string of the molecule is COC(=O)Nc1ccc(C(=O)N[C@H](Cc2ccccc2)C(=O)O)cc1. The first kappa shape index (κ1) is 18.0. The summed E-state index contributed by atoms with van der Waals surface area (Å²) >= 11 is 0. The highest BCUT2D eigenvalue weighted by atomic mass is 16.5. The van der Waals surface area contributed by atoms with Gasteiger partial charge in [-0.25, -0.2) is 9.59 Å². The quantitative estimate of drug-likeness (QED) is 0.747. The van der Waals surface area contributed by atoms with Crippen LogP contribution in [0.25, 0.3) is 0 Å². The molecule has 1 atom stereocenters. The van der Waals surface area contributed by atoms with Gasteiger partial charge in [-0.15, -0.1) is 0 Å². The van der Waals surface area contributed by atoms with Crippen LogP contribution >= 0.6 is 0 Å². The molecule has 2 amide bonds. The van der Waals surface area contributed by atoms with Crippen molar-refractivity contribution in [3.8, 4) is 0 Å². The highest BCUT2D eigenvalue weighted by Gasteiger charge is 2.21. The standard InChI is InChI=1S/C18H18N2O5/c1-25-18(24)19-14-9-7-13(8-10-14)16(21)20-15(17(22)23)11-12-5-3-2-4-6-12/h2-10,15H,11H2,1H3,(H,19,24)(H,20,21)(H,22,23)/t15-/m1/s1. The van der Waals surface area contributed by atoms with Crippen molar-refractivity contribution in [2.45, 2.75) is 12.5 Å².